The molecule has 0 heteroatoms. The molecule has 1 aliphatic carbocycles. The highest BCUT2D eigenvalue weighted by Gasteiger charge is 2.38. The summed E-state index contributed by atoms with van der Waals surface area (Å²) in [6.07, 6.45) is 15.9. The number of rotatable bonds is 11. The maximum atomic E-state index is 2.56. The Morgan fingerprint density at radius 3 is 1.48 bits per heavy atom. The van der Waals surface area contributed by atoms with Gasteiger partial charge in [-0.1, -0.05) is 99.3 Å². The first-order valence-electron chi connectivity index (χ1n) is 11.1. The van der Waals surface area contributed by atoms with Gasteiger partial charge >= 0.3 is 0 Å². The van der Waals surface area contributed by atoms with Crippen molar-refractivity contribution in [2.45, 2.75) is 112 Å². The van der Waals surface area contributed by atoms with Crippen LogP contribution in [0.25, 0.3) is 0 Å². The fourth-order valence-electron chi connectivity index (χ4n) is 5.73. The van der Waals surface area contributed by atoms with Crippen molar-refractivity contribution in [2.24, 2.45) is 35.5 Å². The first kappa shape index (κ1) is 21.0. The van der Waals surface area contributed by atoms with Gasteiger partial charge in [-0.05, 0) is 48.3 Å². The molecule has 0 spiro atoms. The Labute approximate surface area is 148 Å². The summed E-state index contributed by atoms with van der Waals surface area (Å²) in [6.45, 7) is 14.7. The Morgan fingerprint density at radius 2 is 1.09 bits per heavy atom. The van der Waals surface area contributed by atoms with Crippen LogP contribution in [-0.2, 0) is 0 Å². The maximum Gasteiger partial charge on any atom is -0.0352 e. The standard InChI is InChI=1S/C23H46/c1-7-13-19(6)21(15-9-3)23-17-12-11-16-22(23)20(14-8-2)18(5)10-4/h18-23H,7-17H2,1-6H3. The molecule has 138 valence electrons. The highest BCUT2D eigenvalue weighted by Crippen LogP contribution is 2.47. The predicted octanol–water partition coefficient (Wildman–Crippen LogP) is 8.11. The van der Waals surface area contributed by atoms with Crippen molar-refractivity contribution in [2.75, 3.05) is 0 Å². The van der Waals surface area contributed by atoms with Crippen LogP contribution < -0.4 is 0 Å². The summed E-state index contributed by atoms with van der Waals surface area (Å²) in [5.74, 6) is 5.89. The SMILES string of the molecule is CCCC(C)C(CCC)C1CCCCC1C(CCC)C(C)CC. The lowest BCUT2D eigenvalue weighted by molar-refractivity contribution is 0.0446. The van der Waals surface area contributed by atoms with Crippen molar-refractivity contribution in [3.63, 3.8) is 0 Å². The second-order valence-electron chi connectivity index (χ2n) is 8.67. The fourth-order valence-corrected chi connectivity index (χ4v) is 5.73. The summed E-state index contributed by atoms with van der Waals surface area (Å²) in [6, 6.07) is 0. The average Bonchev–Trinajstić information content (AvgIpc) is 2.57. The topological polar surface area (TPSA) is 0 Å². The Hall–Kier alpha value is 0. The van der Waals surface area contributed by atoms with Gasteiger partial charge in [0.15, 0.2) is 0 Å². The van der Waals surface area contributed by atoms with Gasteiger partial charge in [0.25, 0.3) is 0 Å². The smallest absolute Gasteiger partial charge is 0.0352 e. The first-order chi connectivity index (χ1) is 11.1. The lowest BCUT2D eigenvalue weighted by Crippen LogP contribution is -2.37. The summed E-state index contributed by atoms with van der Waals surface area (Å²) in [7, 11) is 0. The van der Waals surface area contributed by atoms with E-state index in [9.17, 15) is 0 Å². The van der Waals surface area contributed by atoms with Crippen LogP contribution in [0.2, 0.25) is 0 Å². The van der Waals surface area contributed by atoms with Crippen LogP contribution >= 0.6 is 0 Å². The minimum atomic E-state index is 0.921. The molecule has 0 aliphatic heterocycles. The highest BCUT2D eigenvalue weighted by atomic mass is 14.4. The summed E-state index contributed by atoms with van der Waals surface area (Å²) in [5, 5.41) is 0. The molecule has 0 aromatic carbocycles. The Morgan fingerprint density at radius 1 is 0.652 bits per heavy atom. The van der Waals surface area contributed by atoms with Crippen LogP contribution in [0.3, 0.4) is 0 Å². The molecule has 1 saturated carbocycles. The number of hydrogen-bond donors (Lipinski definition) is 0. The van der Waals surface area contributed by atoms with Crippen molar-refractivity contribution in [1.29, 1.82) is 0 Å². The third kappa shape index (κ3) is 6.09. The van der Waals surface area contributed by atoms with Gasteiger partial charge < -0.3 is 0 Å². The Kier molecular flexibility index (Phi) is 10.6. The molecule has 0 aromatic rings. The van der Waals surface area contributed by atoms with Gasteiger partial charge in [0, 0.05) is 0 Å². The van der Waals surface area contributed by atoms with E-state index in [0.29, 0.717) is 0 Å². The van der Waals surface area contributed by atoms with Crippen LogP contribution in [0.5, 0.6) is 0 Å². The van der Waals surface area contributed by atoms with E-state index in [0.717, 1.165) is 35.5 Å². The van der Waals surface area contributed by atoms with Crippen molar-refractivity contribution >= 4 is 0 Å². The largest absolute Gasteiger partial charge is 0.0654 e. The summed E-state index contributed by atoms with van der Waals surface area (Å²) >= 11 is 0. The monoisotopic (exact) mass is 322 g/mol. The van der Waals surface area contributed by atoms with E-state index < -0.39 is 0 Å². The van der Waals surface area contributed by atoms with Crippen LogP contribution in [0.4, 0.5) is 0 Å². The molecule has 1 aliphatic rings. The van der Waals surface area contributed by atoms with Gasteiger partial charge in [-0.15, -0.1) is 0 Å². The van der Waals surface area contributed by atoms with E-state index >= 15 is 0 Å². The van der Waals surface area contributed by atoms with Crippen molar-refractivity contribution in [3.8, 4) is 0 Å². The van der Waals surface area contributed by atoms with Crippen LogP contribution in [0.15, 0.2) is 0 Å². The molecule has 0 saturated heterocycles. The minimum absolute atomic E-state index is 0.921. The molecule has 6 unspecified atom stereocenters. The third-order valence-electron chi connectivity index (χ3n) is 7.07. The van der Waals surface area contributed by atoms with Gasteiger partial charge in [0.1, 0.15) is 0 Å². The third-order valence-corrected chi connectivity index (χ3v) is 7.07. The predicted molar refractivity (Wildman–Crippen MR) is 106 cm³/mol. The zero-order chi connectivity index (χ0) is 17.2. The van der Waals surface area contributed by atoms with Crippen LogP contribution in [0.1, 0.15) is 112 Å². The molecule has 0 aromatic heterocycles. The second-order valence-corrected chi connectivity index (χ2v) is 8.67. The molecule has 0 amide bonds. The molecule has 0 N–H and O–H groups in total. The van der Waals surface area contributed by atoms with Crippen LogP contribution in [0, 0.1) is 35.5 Å². The molecule has 1 rings (SSSR count). The zero-order valence-electron chi connectivity index (χ0n) is 17.2. The Balaban J connectivity index is 2.95. The van der Waals surface area contributed by atoms with Gasteiger partial charge in [-0.25, -0.2) is 0 Å². The first-order valence-corrected chi connectivity index (χ1v) is 11.1. The fraction of sp³-hybridized carbons (Fsp3) is 1.00. The molecule has 0 heterocycles. The molecular formula is C23H46. The highest BCUT2D eigenvalue weighted by molar-refractivity contribution is 4.88. The normalized spacial score (nSPS) is 27.4. The average molecular weight is 323 g/mol. The quantitative estimate of drug-likeness (QED) is 0.360. The second kappa shape index (κ2) is 11.5. The zero-order valence-corrected chi connectivity index (χ0v) is 17.2. The molecule has 0 bridgehead atoms. The van der Waals surface area contributed by atoms with E-state index in [-0.39, 0.29) is 0 Å². The lowest BCUT2D eigenvalue weighted by atomic mass is 9.60. The van der Waals surface area contributed by atoms with Gasteiger partial charge in [-0.3, -0.25) is 0 Å². The van der Waals surface area contributed by atoms with E-state index in [1.54, 1.807) is 0 Å². The molecule has 6 atom stereocenters. The van der Waals surface area contributed by atoms with Crippen LogP contribution in [-0.4, -0.2) is 0 Å². The molecule has 1 fully saturated rings. The molecule has 0 radical (unpaired) electrons. The maximum absolute atomic E-state index is 2.56. The lowest BCUT2D eigenvalue weighted by Gasteiger charge is -2.45. The van der Waals surface area contributed by atoms with Gasteiger partial charge in [0.05, 0.1) is 0 Å². The van der Waals surface area contributed by atoms with Crippen molar-refractivity contribution in [3.05, 3.63) is 0 Å². The molecule has 23 heavy (non-hydrogen) atoms. The van der Waals surface area contributed by atoms with Gasteiger partial charge in [0.2, 0.25) is 0 Å². The van der Waals surface area contributed by atoms with Crippen molar-refractivity contribution in [1.82, 2.24) is 0 Å². The van der Waals surface area contributed by atoms with E-state index in [2.05, 4.69) is 41.5 Å². The summed E-state index contributed by atoms with van der Waals surface area (Å²) in [4.78, 5) is 0. The minimum Gasteiger partial charge on any atom is -0.0654 e. The molecule has 0 nitrogen and oxygen atoms in total. The summed E-state index contributed by atoms with van der Waals surface area (Å²) < 4.78 is 0. The number of hydrogen-bond acceptors (Lipinski definition) is 0. The van der Waals surface area contributed by atoms with E-state index in [1.807, 2.05) is 0 Å². The van der Waals surface area contributed by atoms with Gasteiger partial charge in [-0.2, -0.15) is 0 Å². The van der Waals surface area contributed by atoms with Crippen molar-refractivity contribution < 1.29 is 0 Å². The summed E-state index contributed by atoms with van der Waals surface area (Å²) in [5.41, 5.74) is 0. The van der Waals surface area contributed by atoms with E-state index in [4.69, 9.17) is 0 Å². The van der Waals surface area contributed by atoms with E-state index in [1.165, 1.54) is 70.6 Å². The Bertz CT molecular complexity index is 282. The molecular weight excluding hydrogens is 276 g/mol.